The molecule has 2 N–H and O–H groups in total. The Morgan fingerprint density at radius 2 is 1.84 bits per heavy atom. The number of halogens is 1. The fourth-order valence-corrected chi connectivity index (χ4v) is 2.24. The molecule has 0 bridgehead atoms. The molecule has 0 fully saturated rings. The minimum atomic E-state index is -0.170. The van der Waals surface area contributed by atoms with Crippen molar-refractivity contribution in [1.29, 1.82) is 0 Å². The van der Waals surface area contributed by atoms with Gasteiger partial charge in [0.15, 0.2) is 0 Å². The maximum Gasteiger partial charge on any atom is 0.146 e. The molecule has 19 heavy (non-hydrogen) atoms. The van der Waals surface area contributed by atoms with E-state index in [2.05, 4.69) is 27.7 Å². The van der Waals surface area contributed by atoms with Crippen molar-refractivity contribution in [2.24, 2.45) is 11.1 Å². The Kier molecular flexibility index (Phi) is 4.97. The fourth-order valence-electron chi connectivity index (χ4n) is 2.24. The topological polar surface area (TPSA) is 29.3 Å². The average molecular weight is 266 g/mol. The number of para-hydroxylation sites is 1. The highest BCUT2D eigenvalue weighted by Gasteiger charge is 2.27. The molecule has 0 aliphatic rings. The Labute approximate surface area is 116 Å². The predicted octanol–water partition coefficient (Wildman–Crippen LogP) is 3.59. The molecule has 0 aromatic heterocycles. The summed E-state index contributed by atoms with van der Waals surface area (Å²) in [6.45, 7) is 10.6. The Hall–Kier alpha value is -1.09. The Balaban J connectivity index is 3.17. The van der Waals surface area contributed by atoms with Crippen LogP contribution in [0, 0.1) is 11.2 Å². The molecule has 108 valence electrons. The van der Waals surface area contributed by atoms with Crippen LogP contribution in [-0.2, 0) is 6.42 Å². The third-order valence-corrected chi connectivity index (χ3v) is 3.80. The minimum absolute atomic E-state index is 0.0268. The van der Waals surface area contributed by atoms with Crippen molar-refractivity contribution in [3.8, 4) is 0 Å². The standard InChI is InChI=1S/C16H27FN2/c1-11(18)10-13-8-7-9-14(17)15(13)19(6)12(2)16(3,4)5/h7-9,11-12H,10,18H2,1-6H3. The van der Waals surface area contributed by atoms with Crippen molar-refractivity contribution >= 4 is 5.69 Å². The van der Waals surface area contributed by atoms with Crippen LogP contribution in [0.5, 0.6) is 0 Å². The lowest BCUT2D eigenvalue weighted by atomic mass is 9.86. The second kappa shape index (κ2) is 5.91. The summed E-state index contributed by atoms with van der Waals surface area (Å²) in [6.07, 6.45) is 0.689. The SMILES string of the molecule is CC(N)Cc1cccc(F)c1N(C)C(C)C(C)(C)C. The zero-order chi connectivity index (χ0) is 14.8. The van der Waals surface area contributed by atoms with E-state index in [-0.39, 0.29) is 23.3 Å². The molecule has 0 heterocycles. The largest absolute Gasteiger partial charge is 0.369 e. The first-order valence-corrected chi connectivity index (χ1v) is 6.90. The summed E-state index contributed by atoms with van der Waals surface area (Å²) in [5.74, 6) is -0.170. The van der Waals surface area contributed by atoms with E-state index in [0.717, 1.165) is 5.56 Å². The second-order valence-corrected chi connectivity index (χ2v) is 6.58. The van der Waals surface area contributed by atoms with Crippen LogP contribution < -0.4 is 10.6 Å². The van der Waals surface area contributed by atoms with E-state index in [1.54, 1.807) is 6.07 Å². The first-order valence-electron chi connectivity index (χ1n) is 6.90. The lowest BCUT2D eigenvalue weighted by molar-refractivity contribution is 0.328. The predicted molar refractivity (Wildman–Crippen MR) is 81.1 cm³/mol. The van der Waals surface area contributed by atoms with Crippen LogP contribution in [0.3, 0.4) is 0 Å². The van der Waals surface area contributed by atoms with Crippen LogP contribution in [0.4, 0.5) is 10.1 Å². The van der Waals surface area contributed by atoms with E-state index in [0.29, 0.717) is 12.1 Å². The smallest absolute Gasteiger partial charge is 0.146 e. The molecule has 0 saturated heterocycles. The second-order valence-electron chi connectivity index (χ2n) is 6.58. The molecule has 0 amide bonds. The van der Waals surface area contributed by atoms with Crippen LogP contribution in [0.2, 0.25) is 0 Å². The van der Waals surface area contributed by atoms with Crippen LogP contribution in [0.15, 0.2) is 18.2 Å². The number of nitrogens with two attached hydrogens (primary N) is 1. The highest BCUT2D eigenvalue weighted by molar-refractivity contribution is 5.55. The van der Waals surface area contributed by atoms with Crippen LogP contribution >= 0.6 is 0 Å². The number of benzene rings is 1. The molecule has 3 heteroatoms. The summed E-state index contributed by atoms with van der Waals surface area (Å²) in [6, 6.07) is 5.50. The van der Waals surface area contributed by atoms with E-state index < -0.39 is 0 Å². The summed E-state index contributed by atoms with van der Waals surface area (Å²) in [4.78, 5) is 2.03. The Bertz CT molecular complexity index is 421. The number of nitrogens with zero attached hydrogens (tertiary/aromatic N) is 1. The fraction of sp³-hybridized carbons (Fsp3) is 0.625. The molecule has 2 nitrogen and oxygen atoms in total. The minimum Gasteiger partial charge on any atom is -0.369 e. The lowest BCUT2D eigenvalue weighted by Crippen LogP contribution is -2.40. The van der Waals surface area contributed by atoms with E-state index in [1.807, 2.05) is 24.9 Å². The van der Waals surface area contributed by atoms with E-state index >= 15 is 0 Å². The third kappa shape index (κ3) is 3.93. The average Bonchev–Trinajstić information content (AvgIpc) is 2.25. The van der Waals surface area contributed by atoms with E-state index in [9.17, 15) is 4.39 Å². The molecule has 2 atom stereocenters. The summed E-state index contributed by atoms with van der Waals surface area (Å²) in [7, 11) is 1.96. The van der Waals surface area contributed by atoms with Crippen molar-refractivity contribution < 1.29 is 4.39 Å². The highest BCUT2D eigenvalue weighted by atomic mass is 19.1. The van der Waals surface area contributed by atoms with Gasteiger partial charge in [0.1, 0.15) is 5.82 Å². The Morgan fingerprint density at radius 3 is 2.32 bits per heavy atom. The van der Waals surface area contributed by atoms with Gasteiger partial charge in [0.05, 0.1) is 5.69 Å². The van der Waals surface area contributed by atoms with Crippen molar-refractivity contribution in [1.82, 2.24) is 0 Å². The lowest BCUT2D eigenvalue weighted by Gasteiger charge is -2.38. The van der Waals surface area contributed by atoms with Crippen molar-refractivity contribution in [3.05, 3.63) is 29.6 Å². The van der Waals surface area contributed by atoms with Gasteiger partial charge in [-0.2, -0.15) is 0 Å². The highest BCUT2D eigenvalue weighted by Crippen LogP contribution is 2.31. The number of anilines is 1. The number of hydrogen-bond donors (Lipinski definition) is 1. The van der Waals surface area contributed by atoms with Gasteiger partial charge in [-0.05, 0) is 37.3 Å². The molecule has 0 spiro atoms. The molecular formula is C16H27FN2. The molecular weight excluding hydrogens is 239 g/mol. The number of hydrogen-bond acceptors (Lipinski definition) is 2. The molecule has 0 radical (unpaired) electrons. The summed E-state index contributed by atoms with van der Waals surface area (Å²) in [5, 5.41) is 0. The van der Waals surface area contributed by atoms with Gasteiger partial charge in [0, 0.05) is 19.1 Å². The van der Waals surface area contributed by atoms with Gasteiger partial charge in [0.25, 0.3) is 0 Å². The van der Waals surface area contributed by atoms with Gasteiger partial charge in [-0.25, -0.2) is 4.39 Å². The van der Waals surface area contributed by atoms with E-state index in [4.69, 9.17) is 5.73 Å². The molecule has 2 unspecified atom stereocenters. The van der Waals surface area contributed by atoms with Crippen LogP contribution in [0.25, 0.3) is 0 Å². The molecule has 0 aliphatic heterocycles. The van der Waals surface area contributed by atoms with Gasteiger partial charge in [-0.1, -0.05) is 32.9 Å². The van der Waals surface area contributed by atoms with Crippen molar-refractivity contribution in [2.75, 3.05) is 11.9 Å². The van der Waals surface area contributed by atoms with Gasteiger partial charge in [-0.15, -0.1) is 0 Å². The zero-order valence-electron chi connectivity index (χ0n) is 13.0. The molecule has 1 rings (SSSR count). The number of rotatable bonds is 4. The van der Waals surface area contributed by atoms with Gasteiger partial charge in [0.2, 0.25) is 0 Å². The quantitative estimate of drug-likeness (QED) is 0.902. The monoisotopic (exact) mass is 266 g/mol. The van der Waals surface area contributed by atoms with E-state index in [1.165, 1.54) is 6.07 Å². The molecule has 1 aromatic rings. The van der Waals surface area contributed by atoms with Crippen LogP contribution in [-0.4, -0.2) is 19.1 Å². The maximum atomic E-state index is 14.2. The molecule has 0 saturated carbocycles. The van der Waals surface area contributed by atoms with Gasteiger partial charge >= 0.3 is 0 Å². The maximum absolute atomic E-state index is 14.2. The normalized spacial score (nSPS) is 15.2. The first-order chi connectivity index (χ1) is 8.64. The van der Waals surface area contributed by atoms with Gasteiger partial charge in [-0.3, -0.25) is 0 Å². The van der Waals surface area contributed by atoms with Crippen LogP contribution in [0.1, 0.15) is 40.2 Å². The molecule has 1 aromatic carbocycles. The summed E-state index contributed by atoms with van der Waals surface area (Å²) < 4.78 is 14.2. The zero-order valence-corrected chi connectivity index (χ0v) is 13.0. The van der Waals surface area contributed by atoms with Crippen molar-refractivity contribution in [2.45, 2.75) is 53.1 Å². The summed E-state index contributed by atoms with van der Waals surface area (Å²) >= 11 is 0. The molecule has 0 aliphatic carbocycles. The first kappa shape index (κ1) is 16.0. The third-order valence-electron chi connectivity index (χ3n) is 3.80. The summed E-state index contributed by atoms with van der Waals surface area (Å²) in [5.41, 5.74) is 7.61. The Morgan fingerprint density at radius 1 is 1.26 bits per heavy atom. The van der Waals surface area contributed by atoms with Crippen molar-refractivity contribution in [3.63, 3.8) is 0 Å². The van der Waals surface area contributed by atoms with Gasteiger partial charge < -0.3 is 10.6 Å².